The molecule has 0 fully saturated rings. The molecular weight excluding hydrogens is 653 g/mol. The third-order valence-electron chi connectivity index (χ3n) is 11.7. The second-order valence-corrected chi connectivity index (χ2v) is 14.5. The topological polar surface area (TPSA) is 9.86 Å². The van der Waals surface area contributed by atoms with Crippen LogP contribution in [-0.2, 0) is 0 Å². The molecule has 0 atom stereocenters. The number of para-hydroxylation sites is 1. The Morgan fingerprint density at radius 3 is 1.70 bits per heavy atom. The molecule has 250 valence electrons. The lowest BCUT2D eigenvalue weighted by Crippen LogP contribution is -1.97. The van der Waals surface area contributed by atoms with Gasteiger partial charge < -0.3 is 9.13 Å². The van der Waals surface area contributed by atoms with Crippen LogP contribution in [0.2, 0.25) is 0 Å². The van der Waals surface area contributed by atoms with Crippen LogP contribution in [0.25, 0.3) is 109 Å². The summed E-state index contributed by atoms with van der Waals surface area (Å²) >= 11 is 0. The SMILES string of the molecule is c1ccc2c(-c3ccc(-n4c5ccccc5c5cc6c7c8ccccc8ccc7n(-c7cc8ccccc8c8ccccc78)c6cc54)cc3)cccc2c1. The Morgan fingerprint density at radius 2 is 0.889 bits per heavy atom. The van der Waals surface area contributed by atoms with E-state index in [0.29, 0.717) is 0 Å². The quantitative estimate of drug-likeness (QED) is 0.164. The molecule has 0 saturated carbocycles. The fraction of sp³-hybridized carbons (Fsp3) is 0. The van der Waals surface area contributed by atoms with Crippen molar-refractivity contribution in [1.29, 1.82) is 0 Å². The fourth-order valence-corrected chi connectivity index (χ4v) is 9.27. The highest BCUT2D eigenvalue weighted by molar-refractivity contribution is 6.26. The van der Waals surface area contributed by atoms with Gasteiger partial charge in [0.1, 0.15) is 0 Å². The van der Waals surface area contributed by atoms with Crippen LogP contribution in [0, 0.1) is 0 Å². The zero-order chi connectivity index (χ0) is 35.3. The van der Waals surface area contributed by atoms with Crippen LogP contribution >= 0.6 is 0 Å². The average Bonchev–Trinajstić information content (AvgIpc) is 3.74. The zero-order valence-corrected chi connectivity index (χ0v) is 29.4. The molecule has 12 aromatic rings. The number of fused-ring (bicyclic) bond motifs is 12. The summed E-state index contributed by atoms with van der Waals surface area (Å²) in [6.07, 6.45) is 0. The number of hydrogen-bond donors (Lipinski definition) is 0. The summed E-state index contributed by atoms with van der Waals surface area (Å²) in [5.74, 6) is 0. The Kier molecular flexibility index (Phi) is 6.09. The van der Waals surface area contributed by atoms with E-state index >= 15 is 0 Å². The van der Waals surface area contributed by atoms with Crippen molar-refractivity contribution in [1.82, 2.24) is 9.13 Å². The van der Waals surface area contributed by atoms with E-state index in [1.165, 1.54) is 104 Å². The lowest BCUT2D eigenvalue weighted by atomic mass is 9.98. The van der Waals surface area contributed by atoms with E-state index in [2.05, 4.69) is 203 Å². The fourth-order valence-electron chi connectivity index (χ4n) is 9.27. The van der Waals surface area contributed by atoms with Gasteiger partial charge >= 0.3 is 0 Å². The third-order valence-corrected chi connectivity index (χ3v) is 11.7. The molecule has 2 aromatic heterocycles. The summed E-state index contributed by atoms with van der Waals surface area (Å²) in [5.41, 5.74) is 9.62. The molecule has 2 heterocycles. The van der Waals surface area contributed by atoms with E-state index in [4.69, 9.17) is 0 Å². The molecule has 2 heteroatoms. The molecule has 0 amide bonds. The summed E-state index contributed by atoms with van der Waals surface area (Å²) in [6, 6.07) is 71.6. The van der Waals surface area contributed by atoms with Crippen LogP contribution in [0.1, 0.15) is 0 Å². The van der Waals surface area contributed by atoms with Gasteiger partial charge in [-0.2, -0.15) is 0 Å². The van der Waals surface area contributed by atoms with Gasteiger partial charge in [0.05, 0.1) is 27.8 Å². The summed E-state index contributed by atoms with van der Waals surface area (Å²) in [7, 11) is 0. The molecule has 12 rings (SSSR count). The second kappa shape index (κ2) is 11.2. The van der Waals surface area contributed by atoms with Gasteiger partial charge in [0.15, 0.2) is 0 Å². The van der Waals surface area contributed by atoms with Crippen molar-refractivity contribution < 1.29 is 0 Å². The Bertz CT molecular complexity index is 3480. The average molecular weight is 685 g/mol. The number of aromatic nitrogens is 2. The molecule has 0 bridgehead atoms. The first kappa shape index (κ1) is 29.4. The molecule has 54 heavy (non-hydrogen) atoms. The number of hydrogen-bond acceptors (Lipinski definition) is 0. The molecule has 0 aliphatic heterocycles. The smallest absolute Gasteiger partial charge is 0.0562 e. The van der Waals surface area contributed by atoms with Crippen LogP contribution in [0.3, 0.4) is 0 Å². The summed E-state index contributed by atoms with van der Waals surface area (Å²) < 4.78 is 4.98. The van der Waals surface area contributed by atoms with Gasteiger partial charge in [-0.05, 0) is 91.3 Å². The minimum absolute atomic E-state index is 1.15. The molecule has 10 aromatic carbocycles. The largest absolute Gasteiger partial charge is 0.309 e. The highest BCUT2D eigenvalue weighted by Crippen LogP contribution is 2.44. The Hall–Kier alpha value is -7.16. The molecule has 0 radical (unpaired) electrons. The van der Waals surface area contributed by atoms with Crippen molar-refractivity contribution in [2.24, 2.45) is 0 Å². The molecule has 0 saturated heterocycles. The normalized spacial score (nSPS) is 12.1. The second-order valence-electron chi connectivity index (χ2n) is 14.5. The van der Waals surface area contributed by atoms with Crippen LogP contribution in [0.4, 0.5) is 0 Å². The first-order valence-electron chi connectivity index (χ1n) is 18.7. The van der Waals surface area contributed by atoms with Crippen molar-refractivity contribution >= 4 is 86.7 Å². The maximum Gasteiger partial charge on any atom is 0.0562 e. The van der Waals surface area contributed by atoms with Crippen LogP contribution in [0.15, 0.2) is 194 Å². The lowest BCUT2D eigenvalue weighted by molar-refractivity contribution is 1.17. The zero-order valence-electron chi connectivity index (χ0n) is 29.4. The minimum Gasteiger partial charge on any atom is -0.309 e. The summed E-state index contributed by atoms with van der Waals surface area (Å²) in [6.45, 7) is 0. The van der Waals surface area contributed by atoms with Crippen molar-refractivity contribution in [3.8, 4) is 22.5 Å². The van der Waals surface area contributed by atoms with Crippen molar-refractivity contribution in [2.45, 2.75) is 0 Å². The maximum absolute atomic E-state index is 2.52. The van der Waals surface area contributed by atoms with Gasteiger partial charge in [-0.1, -0.05) is 152 Å². The number of nitrogens with zero attached hydrogens (tertiary/aromatic N) is 2. The first-order chi connectivity index (χ1) is 26.8. The van der Waals surface area contributed by atoms with Crippen LogP contribution in [0.5, 0.6) is 0 Å². The maximum atomic E-state index is 2.52. The van der Waals surface area contributed by atoms with E-state index < -0.39 is 0 Å². The van der Waals surface area contributed by atoms with E-state index in [1.54, 1.807) is 0 Å². The highest BCUT2D eigenvalue weighted by Gasteiger charge is 2.21. The molecule has 2 nitrogen and oxygen atoms in total. The Labute approximate surface area is 311 Å². The number of rotatable bonds is 3. The monoisotopic (exact) mass is 684 g/mol. The van der Waals surface area contributed by atoms with E-state index in [1.807, 2.05) is 0 Å². The van der Waals surface area contributed by atoms with Gasteiger partial charge in [0.25, 0.3) is 0 Å². The van der Waals surface area contributed by atoms with Crippen LogP contribution < -0.4 is 0 Å². The van der Waals surface area contributed by atoms with Gasteiger partial charge in [-0.3, -0.25) is 0 Å². The van der Waals surface area contributed by atoms with Crippen LogP contribution in [-0.4, -0.2) is 9.13 Å². The number of benzene rings is 10. The van der Waals surface area contributed by atoms with Gasteiger partial charge in [0, 0.05) is 32.6 Å². The Balaban J connectivity index is 1.19. The minimum atomic E-state index is 1.15. The first-order valence-corrected chi connectivity index (χ1v) is 18.7. The van der Waals surface area contributed by atoms with Gasteiger partial charge in [0.2, 0.25) is 0 Å². The molecule has 0 unspecified atom stereocenters. The Morgan fingerprint density at radius 1 is 0.278 bits per heavy atom. The lowest BCUT2D eigenvalue weighted by Gasteiger charge is -2.15. The standard InChI is InChI=1S/C52H32N2/c1-4-16-38-33(12-1)15-11-22-39(38)35-24-27-37(28-25-35)53-47-23-10-9-21-44(47)45-31-46-51(32-50(45)53)54(48-29-26-34-13-2-6-18-41(34)52(46)48)49-30-36-14-3-5-17-40(36)42-19-7-8-20-43(42)49/h1-32H. The summed E-state index contributed by atoms with van der Waals surface area (Å²) in [4.78, 5) is 0. The molecular formula is C52H32N2. The van der Waals surface area contributed by atoms with Crippen molar-refractivity contribution in [3.05, 3.63) is 194 Å². The van der Waals surface area contributed by atoms with E-state index in [0.717, 1.165) is 5.69 Å². The van der Waals surface area contributed by atoms with Gasteiger partial charge in [-0.25, -0.2) is 0 Å². The van der Waals surface area contributed by atoms with E-state index in [-0.39, 0.29) is 0 Å². The molecule has 0 N–H and O–H groups in total. The molecule has 0 aliphatic rings. The highest BCUT2D eigenvalue weighted by atomic mass is 15.0. The predicted octanol–water partition coefficient (Wildman–Crippen LogP) is 14.2. The molecule has 0 aliphatic carbocycles. The third kappa shape index (κ3) is 4.11. The molecule has 0 spiro atoms. The van der Waals surface area contributed by atoms with Crippen molar-refractivity contribution in [2.75, 3.05) is 0 Å². The summed E-state index contributed by atoms with van der Waals surface area (Å²) in [5, 5.41) is 15.1. The van der Waals surface area contributed by atoms with Gasteiger partial charge in [-0.15, -0.1) is 0 Å². The van der Waals surface area contributed by atoms with E-state index in [9.17, 15) is 0 Å². The van der Waals surface area contributed by atoms with Crippen molar-refractivity contribution in [3.63, 3.8) is 0 Å². The predicted molar refractivity (Wildman–Crippen MR) is 231 cm³/mol.